The van der Waals surface area contributed by atoms with Crippen molar-refractivity contribution in [2.45, 2.75) is 39.8 Å². The highest BCUT2D eigenvalue weighted by atomic mass is 16.2. The molecule has 1 heterocycles. The zero-order chi connectivity index (χ0) is 14.7. The third-order valence-corrected chi connectivity index (χ3v) is 2.86. The standard InChI is InChI=1S/C13H22N4O2/c1-8(2)16-6-10(14)5-11(16)13(19)17(9(3)4)7-12(15)18/h5-6,8-9H,7,14H2,1-4H3,(H2,15,18). The minimum Gasteiger partial charge on any atom is -0.397 e. The van der Waals surface area contributed by atoms with Gasteiger partial charge < -0.3 is 20.9 Å². The highest BCUT2D eigenvalue weighted by molar-refractivity contribution is 5.96. The van der Waals surface area contributed by atoms with E-state index < -0.39 is 5.91 Å². The van der Waals surface area contributed by atoms with Gasteiger partial charge in [-0.05, 0) is 33.8 Å². The second-order valence-corrected chi connectivity index (χ2v) is 5.15. The fraction of sp³-hybridized carbons (Fsp3) is 0.538. The molecule has 0 aliphatic heterocycles. The number of nitrogen functional groups attached to an aromatic ring is 1. The summed E-state index contributed by atoms with van der Waals surface area (Å²) >= 11 is 0. The smallest absolute Gasteiger partial charge is 0.271 e. The van der Waals surface area contributed by atoms with E-state index in [9.17, 15) is 9.59 Å². The summed E-state index contributed by atoms with van der Waals surface area (Å²) in [5, 5.41) is 0. The third-order valence-electron chi connectivity index (χ3n) is 2.86. The highest BCUT2D eigenvalue weighted by Crippen LogP contribution is 2.19. The van der Waals surface area contributed by atoms with Crippen LogP contribution < -0.4 is 11.5 Å². The van der Waals surface area contributed by atoms with Gasteiger partial charge in [0.1, 0.15) is 5.69 Å². The Bertz CT molecular complexity index is 477. The molecule has 0 fully saturated rings. The molecule has 1 rings (SSSR count). The van der Waals surface area contributed by atoms with Gasteiger partial charge in [0.25, 0.3) is 5.91 Å². The van der Waals surface area contributed by atoms with Gasteiger partial charge in [0.05, 0.1) is 12.2 Å². The average molecular weight is 266 g/mol. The summed E-state index contributed by atoms with van der Waals surface area (Å²) in [6, 6.07) is 1.62. The van der Waals surface area contributed by atoms with Crippen LogP contribution in [0.25, 0.3) is 0 Å². The van der Waals surface area contributed by atoms with Gasteiger partial charge in [0.2, 0.25) is 5.91 Å². The van der Waals surface area contributed by atoms with Crippen LogP contribution in [0, 0.1) is 0 Å². The Morgan fingerprint density at radius 2 is 1.89 bits per heavy atom. The predicted molar refractivity (Wildman–Crippen MR) is 74.6 cm³/mol. The molecular formula is C13H22N4O2. The first-order valence-corrected chi connectivity index (χ1v) is 6.30. The predicted octanol–water partition coefficient (Wildman–Crippen LogP) is 0.987. The van der Waals surface area contributed by atoms with Crippen molar-refractivity contribution in [3.05, 3.63) is 18.0 Å². The van der Waals surface area contributed by atoms with Crippen molar-refractivity contribution in [2.75, 3.05) is 12.3 Å². The molecular weight excluding hydrogens is 244 g/mol. The lowest BCUT2D eigenvalue weighted by molar-refractivity contribution is -0.119. The fourth-order valence-corrected chi connectivity index (χ4v) is 1.90. The lowest BCUT2D eigenvalue weighted by Crippen LogP contribution is -2.43. The Balaban J connectivity index is 3.12. The first-order valence-electron chi connectivity index (χ1n) is 6.30. The number of anilines is 1. The number of rotatable bonds is 5. The van der Waals surface area contributed by atoms with Crippen LogP contribution in [0.1, 0.15) is 44.2 Å². The minimum absolute atomic E-state index is 0.0975. The number of carbonyl (C=O) groups excluding carboxylic acids is 2. The lowest BCUT2D eigenvalue weighted by atomic mass is 10.2. The number of amides is 2. The van der Waals surface area contributed by atoms with Crippen LogP contribution in [-0.4, -0.2) is 33.9 Å². The van der Waals surface area contributed by atoms with Crippen molar-refractivity contribution in [3.8, 4) is 0 Å². The topological polar surface area (TPSA) is 94.3 Å². The zero-order valence-electron chi connectivity index (χ0n) is 11.9. The van der Waals surface area contributed by atoms with Gasteiger partial charge in [-0.2, -0.15) is 0 Å². The Hall–Kier alpha value is -1.98. The lowest BCUT2D eigenvalue weighted by Gasteiger charge is -2.26. The molecule has 1 aromatic rings. The molecule has 0 saturated heterocycles. The van der Waals surface area contributed by atoms with Gasteiger partial charge in [-0.15, -0.1) is 0 Å². The van der Waals surface area contributed by atoms with E-state index in [1.165, 1.54) is 4.90 Å². The van der Waals surface area contributed by atoms with E-state index in [4.69, 9.17) is 11.5 Å². The second-order valence-electron chi connectivity index (χ2n) is 5.15. The number of nitrogens with zero attached hydrogens (tertiary/aromatic N) is 2. The van der Waals surface area contributed by atoms with E-state index in [1.807, 2.05) is 27.7 Å². The molecule has 0 atom stereocenters. The molecule has 6 nitrogen and oxygen atoms in total. The summed E-state index contributed by atoms with van der Waals surface area (Å²) in [7, 11) is 0. The van der Waals surface area contributed by atoms with Crippen molar-refractivity contribution in [1.29, 1.82) is 0 Å². The maximum atomic E-state index is 12.5. The molecule has 4 N–H and O–H groups in total. The van der Waals surface area contributed by atoms with E-state index in [-0.39, 0.29) is 24.5 Å². The third kappa shape index (κ3) is 3.49. The van der Waals surface area contributed by atoms with E-state index in [2.05, 4.69) is 0 Å². The van der Waals surface area contributed by atoms with Crippen molar-refractivity contribution in [2.24, 2.45) is 5.73 Å². The maximum absolute atomic E-state index is 12.5. The number of carbonyl (C=O) groups is 2. The van der Waals surface area contributed by atoms with Gasteiger partial charge in [-0.1, -0.05) is 0 Å². The van der Waals surface area contributed by atoms with Crippen LogP contribution >= 0.6 is 0 Å². The van der Waals surface area contributed by atoms with Crippen LogP contribution in [0.2, 0.25) is 0 Å². The largest absolute Gasteiger partial charge is 0.397 e. The average Bonchev–Trinajstić information content (AvgIpc) is 2.67. The number of hydrogen-bond acceptors (Lipinski definition) is 3. The summed E-state index contributed by atoms with van der Waals surface area (Å²) in [6.45, 7) is 7.51. The molecule has 6 heteroatoms. The number of nitrogens with two attached hydrogens (primary N) is 2. The second kappa shape index (κ2) is 5.77. The molecule has 0 aliphatic rings. The molecule has 19 heavy (non-hydrogen) atoms. The number of aromatic nitrogens is 1. The summed E-state index contributed by atoms with van der Waals surface area (Å²) < 4.78 is 1.80. The van der Waals surface area contributed by atoms with E-state index in [0.717, 1.165) is 0 Å². The summed E-state index contributed by atoms with van der Waals surface area (Å²) in [4.78, 5) is 25.0. The number of hydrogen-bond donors (Lipinski definition) is 2. The SMILES string of the molecule is CC(C)N(CC(N)=O)C(=O)c1cc(N)cn1C(C)C. The van der Waals surface area contributed by atoms with Crippen molar-refractivity contribution < 1.29 is 9.59 Å². The maximum Gasteiger partial charge on any atom is 0.271 e. The quantitative estimate of drug-likeness (QED) is 0.832. The molecule has 106 valence electrons. The van der Waals surface area contributed by atoms with E-state index in [0.29, 0.717) is 11.4 Å². The van der Waals surface area contributed by atoms with E-state index in [1.54, 1.807) is 16.8 Å². The van der Waals surface area contributed by atoms with Crippen LogP contribution in [0.4, 0.5) is 5.69 Å². The molecule has 0 saturated carbocycles. The minimum atomic E-state index is -0.530. The van der Waals surface area contributed by atoms with Crippen molar-refractivity contribution in [3.63, 3.8) is 0 Å². The Kier molecular flexibility index (Phi) is 4.58. The molecule has 1 aromatic heterocycles. The van der Waals surface area contributed by atoms with Crippen LogP contribution in [-0.2, 0) is 4.79 Å². The fourth-order valence-electron chi connectivity index (χ4n) is 1.90. The Labute approximate surface area is 113 Å². The summed E-state index contributed by atoms with van der Waals surface area (Å²) in [5.74, 6) is -0.767. The molecule has 0 spiro atoms. The van der Waals surface area contributed by atoms with Crippen molar-refractivity contribution in [1.82, 2.24) is 9.47 Å². The van der Waals surface area contributed by atoms with Gasteiger partial charge in [-0.3, -0.25) is 9.59 Å². The molecule has 0 aliphatic carbocycles. The zero-order valence-corrected chi connectivity index (χ0v) is 11.9. The first kappa shape index (κ1) is 15.1. The Morgan fingerprint density at radius 1 is 1.32 bits per heavy atom. The number of primary amides is 1. The molecule has 0 aromatic carbocycles. The van der Waals surface area contributed by atoms with Gasteiger partial charge in [0.15, 0.2) is 0 Å². The highest BCUT2D eigenvalue weighted by Gasteiger charge is 2.24. The van der Waals surface area contributed by atoms with Crippen LogP contribution in [0.5, 0.6) is 0 Å². The first-order chi connectivity index (χ1) is 8.73. The van der Waals surface area contributed by atoms with Crippen LogP contribution in [0.15, 0.2) is 12.3 Å². The molecule has 2 amide bonds. The van der Waals surface area contributed by atoms with Gasteiger partial charge in [0, 0.05) is 18.3 Å². The molecule has 0 bridgehead atoms. The Morgan fingerprint density at radius 3 is 2.32 bits per heavy atom. The monoisotopic (exact) mass is 266 g/mol. The summed E-state index contributed by atoms with van der Waals surface area (Å²) in [5.41, 5.74) is 11.9. The van der Waals surface area contributed by atoms with Crippen LogP contribution in [0.3, 0.4) is 0 Å². The van der Waals surface area contributed by atoms with Gasteiger partial charge in [-0.25, -0.2) is 0 Å². The van der Waals surface area contributed by atoms with E-state index >= 15 is 0 Å². The normalized spacial score (nSPS) is 11.1. The molecule has 0 radical (unpaired) electrons. The van der Waals surface area contributed by atoms with Crippen molar-refractivity contribution >= 4 is 17.5 Å². The molecule has 0 unspecified atom stereocenters. The van der Waals surface area contributed by atoms with Gasteiger partial charge >= 0.3 is 0 Å². The summed E-state index contributed by atoms with van der Waals surface area (Å²) in [6.07, 6.45) is 1.72.